The normalized spacial score (nSPS) is 11.3. The maximum atomic E-state index is 9.34. The lowest BCUT2D eigenvalue weighted by molar-refractivity contribution is 0.474. The van der Waals surface area contributed by atoms with Gasteiger partial charge in [-0.15, -0.1) is 0 Å². The van der Waals surface area contributed by atoms with Gasteiger partial charge >= 0.3 is 0 Å². The van der Waals surface area contributed by atoms with Gasteiger partial charge in [0.25, 0.3) is 0 Å². The lowest BCUT2D eigenvalue weighted by atomic mass is 10.1. The Morgan fingerprint density at radius 3 is 1.10 bits per heavy atom. The summed E-state index contributed by atoms with van der Waals surface area (Å²) in [6.45, 7) is 0. The molecule has 4 aromatic rings. The van der Waals surface area contributed by atoms with Crippen LogP contribution < -0.4 is 0 Å². The summed E-state index contributed by atoms with van der Waals surface area (Å²) in [4.78, 5) is 9.02. The highest BCUT2D eigenvalue weighted by molar-refractivity contribution is 5.71. The largest absolute Gasteiger partial charge is 0.508 e. The van der Waals surface area contributed by atoms with Gasteiger partial charge in [-0.05, 0) is 58.7 Å². The molecule has 4 rings (SSSR count). The molecule has 146 valence electrons. The van der Waals surface area contributed by atoms with Crippen LogP contribution in [0.2, 0.25) is 0 Å². The maximum Gasteiger partial charge on any atom is 0.115 e. The van der Waals surface area contributed by atoms with Gasteiger partial charge in [0, 0.05) is 12.4 Å². The molecule has 0 amide bonds. The Morgan fingerprint density at radius 1 is 0.433 bits per heavy atom. The quantitative estimate of drug-likeness (QED) is 0.444. The standard InChI is InChI=1S/C26H20N2O2/c29-23-11-5-19(6-12-23)1-3-21-9-15-25(27-17-21)26-16-10-22(18-28-26)4-2-20-7-13-24(30)14-8-20/h1-18,29-30H/b3-1+,4-2+. The maximum absolute atomic E-state index is 9.34. The third kappa shape index (κ3) is 5.00. The fraction of sp³-hybridized carbons (Fsp3) is 0. The molecule has 0 aliphatic rings. The molecule has 2 N–H and O–H groups in total. The van der Waals surface area contributed by atoms with Crippen LogP contribution >= 0.6 is 0 Å². The van der Waals surface area contributed by atoms with Crippen molar-refractivity contribution >= 4 is 24.3 Å². The Hall–Kier alpha value is -4.18. The summed E-state index contributed by atoms with van der Waals surface area (Å²) < 4.78 is 0. The van der Waals surface area contributed by atoms with E-state index in [1.54, 1.807) is 24.3 Å². The minimum atomic E-state index is 0.257. The van der Waals surface area contributed by atoms with Gasteiger partial charge in [-0.1, -0.05) is 60.7 Å². The molecule has 0 atom stereocenters. The minimum Gasteiger partial charge on any atom is -0.508 e. The summed E-state index contributed by atoms with van der Waals surface area (Å²) in [7, 11) is 0. The third-order valence-corrected chi connectivity index (χ3v) is 4.56. The highest BCUT2D eigenvalue weighted by atomic mass is 16.3. The number of hydrogen-bond donors (Lipinski definition) is 2. The van der Waals surface area contributed by atoms with Crippen LogP contribution in [0.25, 0.3) is 35.7 Å². The zero-order valence-electron chi connectivity index (χ0n) is 16.2. The van der Waals surface area contributed by atoms with Crippen LogP contribution in [0.5, 0.6) is 11.5 Å². The Bertz CT molecular complexity index is 1060. The zero-order chi connectivity index (χ0) is 20.8. The lowest BCUT2D eigenvalue weighted by Crippen LogP contribution is -1.88. The number of aromatic nitrogens is 2. The van der Waals surface area contributed by atoms with E-state index in [9.17, 15) is 10.2 Å². The number of phenols is 2. The summed E-state index contributed by atoms with van der Waals surface area (Å²) in [5, 5.41) is 18.7. The summed E-state index contributed by atoms with van der Waals surface area (Å²) in [6.07, 6.45) is 11.5. The number of hydrogen-bond acceptors (Lipinski definition) is 4. The second-order valence-corrected chi connectivity index (χ2v) is 6.80. The van der Waals surface area contributed by atoms with Gasteiger partial charge in [-0.25, -0.2) is 0 Å². The predicted octanol–water partition coefficient (Wildman–Crippen LogP) is 5.90. The van der Waals surface area contributed by atoms with E-state index >= 15 is 0 Å². The molecule has 0 bridgehead atoms. The van der Waals surface area contributed by atoms with Gasteiger partial charge in [-0.3, -0.25) is 9.97 Å². The van der Waals surface area contributed by atoms with Crippen molar-refractivity contribution in [3.05, 3.63) is 107 Å². The summed E-state index contributed by atoms with van der Waals surface area (Å²) in [6, 6.07) is 22.0. The zero-order valence-corrected chi connectivity index (χ0v) is 16.2. The Labute approximate surface area is 175 Å². The highest BCUT2D eigenvalue weighted by Gasteiger charge is 2.01. The fourth-order valence-corrected chi connectivity index (χ4v) is 2.87. The Morgan fingerprint density at radius 2 is 0.767 bits per heavy atom. The van der Waals surface area contributed by atoms with Crippen molar-refractivity contribution in [1.29, 1.82) is 0 Å². The van der Waals surface area contributed by atoms with Gasteiger partial charge in [-0.2, -0.15) is 0 Å². The Kier molecular flexibility index (Phi) is 5.67. The average molecular weight is 392 g/mol. The molecular weight excluding hydrogens is 372 g/mol. The van der Waals surface area contributed by atoms with E-state index in [2.05, 4.69) is 9.97 Å². The number of pyridine rings is 2. The van der Waals surface area contributed by atoms with Crippen molar-refractivity contribution in [3.8, 4) is 22.9 Å². The van der Waals surface area contributed by atoms with Gasteiger partial charge < -0.3 is 10.2 Å². The molecule has 0 aliphatic carbocycles. The second-order valence-electron chi connectivity index (χ2n) is 6.80. The number of benzene rings is 2. The van der Waals surface area contributed by atoms with Crippen LogP contribution in [0.4, 0.5) is 0 Å². The van der Waals surface area contributed by atoms with Crippen LogP contribution in [0, 0.1) is 0 Å². The molecule has 0 unspecified atom stereocenters. The molecule has 0 saturated heterocycles. The smallest absolute Gasteiger partial charge is 0.115 e. The van der Waals surface area contributed by atoms with Gasteiger partial charge in [0.1, 0.15) is 11.5 Å². The van der Waals surface area contributed by atoms with Crippen molar-refractivity contribution in [2.45, 2.75) is 0 Å². The number of nitrogens with zero attached hydrogens (tertiary/aromatic N) is 2. The van der Waals surface area contributed by atoms with Crippen molar-refractivity contribution < 1.29 is 10.2 Å². The minimum absolute atomic E-state index is 0.257. The molecule has 4 heteroatoms. The summed E-state index contributed by atoms with van der Waals surface area (Å²) in [5.74, 6) is 0.514. The first-order valence-electron chi connectivity index (χ1n) is 9.52. The topological polar surface area (TPSA) is 66.2 Å². The van der Waals surface area contributed by atoms with Gasteiger partial charge in [0.15, 0.2) is 0 Å². The number of aromatic hydroxyl groups is 2. The van der Waals surface area contributed by atoms with Gasteiger partial charge in [0.05, 0.1) is 11.4 Å². The fourth-order valence-electron chi connectivity index (χ4n) is 2.87. The molecule has 0 radical (unpaired) electrons. The van der Waals surface area contributed by atoms with Crippen LogP contribution in [-0.4, -0.2) is 20.2 Å². The summed E-state index contributed by atoms with van der Waals surface area (Å²) >= 11 is 0. The average Bonchev–Trinajstić information content (AvgIpc) is 2.79. The molecule has 2 aromatic heterocycles. The van der Waals surface area contributed by atoms with E-state index in [4.69, 9.17) is 0 Å². The molecule has 4 nitrogen and oxygen atoms in total. The van der Waals surface area contributed by atoms with Gasteiger partial charge in [0.2, 0.25) is 0 Å². The van der Waals surface area contributed by atoms with E-state index < -0.39 is 0 Å². The molecule has 0 saturated carbocycles. The third-order valence-electron chi connectivity index (χ3n) is 4.56. The first-order valence-corrected chi connectivity index (χ1v) is 9.52. The molecule has 0 aliphatic heterocycles. The SMILES string of the molecule is Oc1ccc(/C=C/c2ccc(-c3ccc(/C=C/c4ccc(O)cc4)cn3)nc2)cc1. The van der Waals surface area contributed by atoms with Crippen LogP contribution in [0.1, 0.15) is 22.3 Å². The number of rotatable bonds is 5. The second kappa shape index (κ2) is 8.88. The van der Waals surface area contributed by atoms with Crippen LogP contribution in [0.15, 0.2) is 85.2 Å². The van der Waals surface area contributed by atoms with E-state index in [1.165, 1.54) is 0 Å². The van der Waals surface area contributed by atoms with E-state index in [-0.39, 0.29) is 11.5 Å². The predicted molar refractivity (Wildman–Crippen MR) is 122 cm³/mol. The number of phenolic OH excluding ortho intramolecular Hbond substituents is 2. The Balaban J connectivity index is 1.42. The van der Waals surface area contributed by atoms with E-state index in [1.807, 2.05) is 85.2 Å². The first kappa shape index (κ1) is 19.2. The summed E-state index contributed by atoms with van der Waals surface area (Å²) in [5.41, 5.74) is 5.61. The van der Waals surface area contributed by atoms with Crippen molar-refractivity contribution in [3.63, 3.8) is 0 Å². The molecule has 2 aromatic carbocycles. The monoisotopic (exact) mass is 392 g/mol. The molecule has 30 heavy (non-hydrogen) atoms. The molecular formula is C26H20N2O2. The highest BCUT2D eigenvalue weighted by Crippen LogP contribution is 2.18. The first-order chi connectivity index (χ1) is 14.7. The van der Waals surface area contributed by atoms with Crippen LogP contribution in [0.3, 0.4) is 0 Å². The van der Waals surface area contributed by atoms with E-state index in [0.29, 0.717) is 0 Å². The molecule has 0 spiro atoms. The lowest BCUT2D eigenvalue weighted by Gasteiger charge is -2.02. The van der Waals surface area contributed by atoms with Crippen molar-refractivity contribution in [2.24, 2.45) is 0 Å². The van der Waals surface area contributed by atoms with E-state index in [0.717, 1.165) is 33.6 Å². The molecule has 0 fully saturated rings. The van der Waals surface area contributed by atoms with Crippen molar-refractivity contribution in [1.82, 2.24) is 9.97 Å². The molecule has 2 heterocycles. The van der Waals surface area contributed by atoms with Crippen LogP contribution in [-0.2, 0) is 0 Å². The van der Waals surface area contributed by atoms with Crippen molar-refractivity contribution in [2.75, 3.05) is 0 Å².